The van der Waals surface area contributed by atoms with E-state index in [1.54, 1.807) is 12.3 Å². The van der Waals surface area contributed by atoms with Crippen LogP contribution in [-0.2, 0) is 22.5 Å². The van der Waals surface area contributed by atoms with Gasteiger partial charge in [-0.3, -0.25) is 14.7 Å². The highest BCUT2D eigenvalue weighted by atomic mass is 16.6. The topological polar surface area (TPSA) is 71.5 Å². The lowest BCUT2D eigenvalue weighted by Gasteiger charge is -2.20. The predicted molar refractivity (Wildman–Crippen MR) is 88.1 cm³/mol. The van der Waals surface area contributed by atoms with Gasteiger partial charge in [0.05, 0.1) is 12.2 Å². The molecule has 24 heavy (non-hydrogen) atoms. The molecule has 0 saturated carbocycles. The van der Waals surface area contributed by atoms with Gasteiger partial charge in [0.2, 0.25) is 5.91 Å². The van der Waals surface area contributed by atoms with E-state index in [2.05, 4.69) is 10.3 Å². The summed E-state index contributed by atoms with van der Waals surface area (Å²) in [5.74, 6) is -0.201. The summed E-state index contributed by atoms with van der Waals surface area (Å²) in [5, 5.41) is 2.88. The van der Waals surface area contributed by atoms with E-state index in [0.717, 1.165) is 17.7 Å². The van der Waals surface area contributed by atoms with Crippen LogP contribution >= 0.6 is 0 Å². The molecule has 1 aliphatic heterocycles. The number of carbonyl (C=O) groups is 2. The van der Waals surface area contributed by atoms with Gasteiger partial charge >= 0.3 is 6.09 Å². The number of rotatable bonds is 6. The summed E-state index contributed by atoms with van der Waals surface area (Å²) in [4.78, 5) is 29.9. The van der Waals surface area contributed by atoms with E-state index in [0.29, 0.717) is 6.54 Å². The number of hydrogen-bond donors (Lipinski definition) is 1. The molecule has 1 saturated heterocycles. The molecule has 0 spiro atoms. The zero-order chi connectivity index (χ0) is 16.8. The standard InChI is InChI=1S/C18H19N3O3/c22-17(20-11-9-14-6-2-1-3-7-14)16-13-24-18(23)21(16)12-15-8-4-5-10-19-15/h1-8,10,16H,9,11-13H2,(H,20,22)/t16-/m0/s1. The maximum Gasteiger partial charge on any atom is 0.411 e. The first-order valence-electron chi connectivity index (χ1n) is 7.89. The molecule has 0 unspecified atom stereocenters. The molecule has 6 heteroatoms. The highest BCUT2D eigenvalue weighted by Gasteiger charge is 2.38. The smallest absolute Gasteiger partial charge is 0.411 e. The van der Waals surface area contributed by atoms with Crippen molar-refractivity contribution in [3.63, 3.8) is 0 Å². The molecule has 1 fully saturated rings. The monoisotopic (exact) mass is 325 g/mol. The van der Waals surface area contributed by atoms with Crippen molar-refractivity contribution in [2.45, 2.75) is 19.0 Å². The van der Waals surface area contributed by atoms with E-state index in [-0.39, 0.29) is 19.1 Å². The Bertz CT molecular complexity index is 691. The average Bonchev–Trinajstić information content (AvgIpc) is 2.97. The van der Waals surface area contributed by atoms with E-state index in [1.165, 1.54) is 4.90 Å². The Morgan fingerprint density at radius 1 is 1.21 bits per heavy atom. The molecule has 0 bridgehead atoms. The van der Waals surface area contributed by atoms with Crippen molar-refractivity contribution in [2.75, 3.05) is 13.2 Å². The number of aromatic nitrogens is 1. The Morgan fingerprint density at radius 2 is 2.00 bits per heavy atom. The third kappa shape index (κ3) is 3.90. The second-order valence-electron chi connectivity index (χ2n) is 5.57. The van der Waals surface area contributed by atoms with Crippen LogP contribution < -0.4 is 5.32 Å². The lowest BCUT2D eigenvalue weighted by Crippen LogP contribution is -2.45. The van der Waals surface area contributed by atoms with Gasteiger partial charge in [-0.1, -0.05) is 36.4 Å². The number of hydrogen-bond acceptors (Lipinski definition) is 4. The van der Waals surface area contributed by atoms with Crippen LogP contribution in [-0.4, -0.2) is 41.1 Å². The van der Waals surface area contributed by atoms with Crippen LogP contribution in [0.1, 0.15) is 11.3 Å². The van der Waals surface area contributed by atoms with Gasteiger partial charge in [0.25, 0.3) is 0 Å². The van der Waals surface area contributed by atoms with Crippen LogP contribution in [0, 0.1) is 0 Å². The summed E-state index contributed by atoms with van der Waals surface area (Å²) in [5.41, 5.74) is 1.88. The number of nitrogens with one attached hydrogen (secondary N) is 1. The molecule has 0 radical (unpaired) electrons. The van der Waals surface area contributed by atoms with Gasteiger partial charge in [0, 0.05) is 12.7 Å². The minimum absolute atomic E-state index is 0.0723. The molecule has 1 aromatic heterocycles. The van der Waals surface area contributed by atoms with Gasteiger partial charge in [-0.15, -0.1) is 0 Å². The zero-order valence-corrected chi connectivity index (χ0v) is 13.2. The van der Waals surface area contributed by atoms with Crippen molar-refractivity contribution in [1.82, 2.24) is 15.2 Å². The third-order valence-corrected chi connectivity index (χ3v) is 3.89. The summed E-state index contributed by atoms with van der Waals surface area (Å²) < 4.78 is 5.03. The summed E-state index contributed by atoms with van der Waals surface area (Å²) in [6.45, 7) is 0.851. The Kier molecular flexibility index (Phi) is 5.05. The molecule has 2 heterocycles. The molecule has 1 N–H and O–H groups in total. The second-order valence-corrected chi connectivity index (χ2v) is 5.57. The fourth-order valence-electron chi connectivity index (χ4n) is 2.60. The minimum Gasteiger partial charge on any atom is -0.447 e. The van der Waals surface area contributed by atoms with Crippen molar-refractivity contribution in [3.8, 4) is 0 Å². The molecule has 2 amide bonds. The van der Waals surface area contributed by atoms with E-state index in [1.807, 2.05) is 42.5 Å². The van der Waals surface area contributed by atoms with E-state index >= 15 is 0 Å². The molecule has 6 nitrogen and oxygen atoms in total. The van der Waals surface area contributed by atoms with Gasteiger partial charge in [0.1, 0.15) is 12.6 Å². The molecule has 2 aromatic rings. The minimum atomic E-state index is -0.615. The Labute approximate surface area is 140 Å². The first kappa shape index (κ1) is 16.0. The van der Waals surface area contributed by atoms with Crippen LogP contribution in [0.25, 0.3) is 0 Å². The molecular formula is C18H19N3O3. The number of carbonyl (C=O) groups excluding carboxylic acids is 2. The normalized spacial score (nSPS) is 16.8. The van der Waals surface area contributed by atoms with Crippen molar-refractivity contribution >= 4 is 12.0 Å². The molecule has 3 rings (SSSR count). The van der Waals surface area contributed by atoms with Gasteiger partial charge in [0.15, 0.2) is 0 Å². The highest BCUT2D eigenvalue weighted by molar-refractivity contribution is 5.87. The van der Waals surface area contributed by atoms with Gasteiger partial charge in [-0.25, -0.2) is 4.79 Å². The number of cyclic esters (lactones) is 1. The maximum atomic E-state index is 12.4. The summed E-state index contributed by atoms with van der Waals surface area (Å²) >= 11 is 0. The number of ether oxygens (including phenoxy) is 1. The Hall–Kier alpha value is -2.89. The quantitative estimate of drug-likeness (QED) is 0.878. The lowest BCUT2D eigenvalue weighted by atomic mass is 10.1. The molecule has 1 aromatic carbocycles. The highest BCUT2D eigenvalue weighted by Crippen LogP contribution is 2.15. The molecule has 1 aliphatic rings. The number of benzene rings is 1. The molecular weight excluding hydrogens is 306 g/mol. The van der Waals surface area contributed by atoms with E-state index in [9.17, 15) is 9.59 Å². The molecule has 0 aliphatic carbocycles. The van der Waals surface area contributed by atoms with Crippen molar-refractivity contribution in [1.29, 1.82) is 0 Å². The van der Waals surface area contributed by atoms with Crippen molar-refractivity contribution in [3.05, 3.63) is 66.0 Å². The lowest BCUT2D eigenvalue weighted by molar-refractivity contribution is -0.124. The van der Waals surface area contributed by atoms with Crippen LogP contribution in [0.5, 0.6) is 0 Å². The zero-order valence-electron chi connectivity index (χ0n) is 13.2. The largest absolute Gasteiger partial charge is 0.447 e. The average molecular weight is 325 g/mol. The van der Waals surface area contributed by atoms with Crippen LogP contribution in [0.4, 0.5) is 4.79 Å². The van der Waals surface area contributed by atoms with E-state index in [4.69, 9.17) is 4.74 Å². The van der Waals surface area contributed by atoms with Crippen LogP contribution in [0.2, 0.25) is 0 Å². The van der Waals surface area contributed by atoms with Gasteiger partial charge < -0.3 is 10.1 Å². The Morgan fingerprint density at radius 3 is 2.75 bits per heavy atom. The van der Waals surface area contributed by atoms with Crippen molar-refractivity contribution in [2.24, 2.45) is 0 Å². The molecule has 124 valence electrons. The van der Waals surface area contributed by atoms with Crippen LogP contribution in [0.3, 0.4) is 0 Å². The predicted octanol–water partition coefficient (Wildman–Crippen LogP) is 1.76. The third-order valence-electron chi connectivity index (χ3n) is 3.89. The fraction of sp³-hybridized carbons (Fsp3) is 0.278. The number of amides is 2. The number of pyridine rings is 1. The maximum absolute atomic E-state index is 12.4. The second kappa shape index (κ2) is 7.59. The first-order chi connectivity index (χ1) is 11.7. The van der Waals surface area contributed by atoms with Gasteiger partial charge in [-0.05, 0) is 24.1 Å². The SMILES string of the molecule is O=C(NCCc1ccccc1)[C@@H]1COC(=O)N1Cc1ccccn1. The molecule has 1 atom stereocenters. The summed E-state index contributed by atoms with van der Waals surface area (Å²) in [6, 6.07) is 14.8. The Balaban J connectivity index is 1.55. The van der Waals surface area contributed by atoms with Crippen LogP contribution in [0.15, 0.2) is 54.7 Å². The van der Waals surface area contributed by atoms with E-state index < -0.39 is 12.1 Å². The summed E-state index contributed by atoms with van der Waals surface area (Å²) in [6.07, 6.45) is 1.92. The number of nitrogens with zero attached hydrogens (tertiary/aromatic N) is 2. The first-order valence-corrected chi connectivity index (χ1v) is 7.89. The summed E-state index contributed by atoms with van der Waals surface area (Å²) in [7, 11) is 0. The van der Waals surface area contributed by atoms with Crippen molar-refractivity contribution < 1.29 is 14.3 Å². The fourth-order valence-corrected chi connectivity index (χ4v) is 2.60. The van der Waals surface area contributed by atoms with Gasteiger partial charge in [-0.2, -0.15) is 0 Å².